The van der Waals surface area contributed by atoms with E-state index in [-0.39, 0.29) is 5.91 Å². The van der Waals surface area contributed by atoms with E-state index in [1.54, 1.807) is 0 Å². The van der Waals surface area contributed by atoms with Gasteiger partial charge in [-0.05, 0) is 43.2 Å². The molecule has 0 radical (unpaired) electrons. The summed E-state index contributed by atoms with van der Waals surface area (Å²) in [4.78, 5) is 12.0. The molecule has 104 valence electrons. The molecule has 2 atom stereocenters. The Kier molecular flexibility index (Phi) is 5.14. The molecule has 19 heavy (non-hydrogen) atoms. The van der Waals surface area contributed by atoms with E-state index in [1.807, 2.05) is 36.0 Å². The molecule has 0 aliphatic heterocycles. The van der Waals surface area contributed by atoms with Gasteiger partial charge in [-0.2, -0.15) is 11.8 Å². The van der Waals surface area contributed by atoms with E-state index in [9.17, 15) is 4.79 Å². The van der Waals surface area contributed by atoms with E-state index in [4.69, 9.17) is 5.73 Å². The number of nitrogen functional groups attached to an aromatic ring is 1. The van der Waals surface area contributed by atoms with Crippen molar-refractivity contribution in [1.82, 2.24) is 5.32 Å². The molecule has 3 N–H and O–H groups in total. The molecule has 2 unspecified atom stereocenters. The van der Waals surface area contributed by atoms with Crippen molar-refractivity contribution in [3.05, 3.63) is 29.8 Å². The van der Waals surface area contributed by atoms with E-state index >= 15 is 0 Å². The Balaban J connectivity index is 1.84. The van der Waals surface area contributed by atoms with Crippen LogP contribution in [0.3, 0.4) is 0 Å². The van der Waals surface area contributed by atoms with Gasteiger partial charge in [0.05, 0.1) is 6.42 Å². The summed E-state index contributed by atoms with van der Waals surface area (Å²) in [6.07, 6.45) is 7.29. The second-order valence-corrected chi connectivity index (χ2v) is 6.35. The number of thioether (sulfide) groups is 1. The summed E-state index contributed by atoms with van der Waals surface area (Å²) in [5.74, 6) is 0.109. The molecule has 1 amide bonds. The van der Waals surface area contributed by atoms with E-state index < -0.39 is 0 Å². The number of carbonyl (C=O) groups is 1. The lowest BCUT2D eigenvalue weighted by Gasteiger charge is -2.28. The van der Waals surface area contributed by atoms with E-state index in [1.165, 1.54) is 12.8 Å². The van der Waals surface area contributed by atoms with Gasteiger partial charge in [-0.1, -0.05) is 18.6 Å². The predicted molar refractivity (Wildman–Crippen MR) is 82.3 cm³/mol. The maximum atomic E-state index is 12.0. The van der Waals surface area contributed by atoms with Crippen LogP contribution in [0.25, 0.3) is 0 Å². The van der Waals surface area contributed by atoms with Crippen molar-refractivity contribution in [2.75, 3.05) is 12.0 Å². The lowest BCUT2D eigenvalue weighted by atomic mass is 9.94. The predicted octanol–water partition coefficient (Wildman–Crippen LogP) is 2.60. The highest BCUT2D eigenvalue weighted by Gasteiger charge is 2.22. The molecule has 3 nitrogen and oxygen atoms in total. The van der Waals surface area contributed by atoms with Crippen LogP contribution in [0.4, 0.5) is 5.69 Å². The lowest BCUT2D eigenvalue weighted by molar-refractivity contribution is -0.121. The SMILES string of the molecule is CSC1CCCC(NC(=O)Cc2cccc(N)c2)C1. The molecule has 2 rings (SSSR count). The summed E-state index contributed by atoms with van der Waals surface area (Å²) in [6.45, 7) is 0. The molecule has 1 saturated carbocycles. The minimum atomic E-state index is 0.109. The molecule has 1 aliphatic carbocycles. The number of nitrogens with two attached hydrogens (primary N) is 1. The Hall–Kier alpha value is -1.16. The van der Waals surface area contributed by atoms with Crippen LogP contribution in [0.2, 0.25) is 0 Å². The molecule has 4 heteroatoms. The minimum Gasteiger partial charge on any atom is -0.399 e. The molecule has 0 bridgehead atoms. The average molecular weight is 278 g/mol. The van der Waals surface area contributed by atoms with Crippen molar-refractivity contribution in [2.24, 2.45) is 0 Å². The third-order valence-electron chi connectivity index (χ3n) is 3.64. The minimum absolute atomic E-state index is 0.109. The molecular weight excluding hydrogens is 256 g/mol. The van der Waals surface area contributed by atoms with Gasteiger partial charge in [0.2, 0.25) is 5.91 Å². The van der Waals surface area contributed by atoms with Gasteiger partial charge < -0.3 is 11.1 Å². The summed E-state index contributed by atoms with van der Waals surface area (Å²) in [5, 5.41) is 3.86. The third kappa shape index (κ3) is 4.46. The van der Waals surface area contributed by atoms with Crippen molar-refractivity contribution in [3.8, 4) is 0 Å². The monoisotopic (exact) mass is 278 g/mol. The first kappa shape index (κ1) is 14.3. The van der Waals surface area contributed by atoms with Crippen LogP contribution >= 0.6 is 11.8 Å². The average Bonchev–Trinajstić information content (AvgIpc) is 2.38. The zero-order chi connectivity index (χ0) is 13.7. The summed E-state index contributed by atoms with van der Waals surface area (Å²) in [7, 11) is 0. The Morgan fingerprint density at radius 1 is 1.47 bits per heavy atom. The first-order valence-corrected chi connectivity index (χ1v) is 8.12. The first-order chi connectivity index (χ1) is 9.17. The quantitative estimate of drug-likeness (QED) is 0.832. The summed E-state index contributed by atoms with van der Waals surface area (Å²) < 4.78 is 0. The van der Waals surface area contributed by atoms with Crippen molar-refractivity contribution in [2.45, 2.75) is 43.4 Å². The number of hydrogen-bond donors (Lipinski definition) is 2. The fraction of sp³-hybridized carbons (Fsp3) is 0.533. The van der Waals surface area contributed by atoms with Gasteiger partial charge in [0, 0.05) is 17.0 Å². The number of hydrogen-bond acceptors (Lipinski definition) is 3. The van der Waals surface area contributed by atoms with Crippen molar-refractivity contribution < 1.29 is 4.79 Å². The van der Waals surface area contributed by atoms with Crippen LogP contribution in [0.5, 0.6) is 0 Å². The van der Waals surface area contributed by atoms with Gasteiger partial charge in [0.15, 0.2) is 0 Å². The zero-order valence-electron chi connectivity index (χ0n) is 11.4. The molecule has 0 heterocycles. The van der Waals surface area contributed by atoms with Gasteiger partial charge >= 0.3 is 0 Å². The Labute approximate surface area is 119 Å². The number of nitrogens with one attached hydrogen (secondary N) is 1. The third-order valence-corrected chi connectivity index (χ3v) is 4.74. The maximum Gasteiger partial charge on any atom is 0.224 e. The topological polar surface area (TPSA) is 55.1 Å². The number of amides is 1. The number of carbonyl (C=O) groups excluding carboxylic acids is 1. The Morgan fingerprint density at radius 2 is 2.32 bits per heavy atom. The van der Waals surface area contributed by atoms with E-state index in [0.29, 0.717) is 23.4 Å². The molecule has 1 aromatic carbocycles. The molecule has 1 aromatic rings. The van der Waals surface area contributed by atoms with Gasteiger partial charge in [-0.3, -0.25) is 4.79 Å². The molecule has 0 spiro atoms. The smallest absolute Gasteiger partial charge is 0.224 e. The van der Waals surface area contributed by atoms with E-state index in [2.05, 4.69) is 11.6 Å². The molecule has 0 aromatic heterocycles. The fourth-order valence-corrected chi connectivity index (χ4v) is 3.48. The van der Waals surface area contributed by atoms with E-state index in [0.717, 1.165) is 18.4 Å². The highest BCUT2D eigenvalue weighted by atomic mass is 32.2. The van der Waals surface area contributed by atoms with Crippen LogP contribution < -0.4 is 11.1 Å². The Bertz CT molecular complexity index is 436. The van der Waals surface area contributed by atoms with Gasteiger partial charge in [-0.25, -0.2) is 0 Å². The number of rotatable bonds is 4. The highest BCUT2D eigenvalue weighted by molar-refractivity contribution is 7.99. The van der Waals surface area contributed by atoms with Gasteiger partial charge in [0.1, 0.15) is 0 Å². The summed E-state index contributed by atoms with van der Waals surface area (Å²) >= 11 is 1.91. The number of anilines is 1. The highest BCUT2D eigenvalue weighted by Crippen LogP contribution is 2.26. The van der Waals surface area contributed by atoms with Crippen LogP contribution in [0, 0.1) is 0 Å². The maximum absolute atomic E-state index is 12.0. The molecule has 0 saturated heterocycles. The second-order valence-electron chi connectivity index (χ2n) is 5.21. The largest absolute Gasteiger partial charge is 0.399 e. The van der Waals surface area contributed by atoms with Crippen LogP contribution in [0.15, 0.2) is 24.3 Å². The molecular formula is C15H22N2OS. The fourth-order valence-electron chi connectivity index (χ4n) is 2.66. The number of benzene rings is 1. The summed E-state index contributed by atoms with van der Waals surface area (Å²) in [6, 6.07) is 7.89. The molecule has 1 fully saturated rings. The zero-order valence-corrected chi connectivity index (χ0v) is 12.2. The standard InChI is InChI=1S/C15H22N2OS/c1-19-14-7-3-6-13(10-14)17-15(18)9-11-4-2-5-12(16)8-11/h2,4-5,8,13-14H,3,6-7,9-10,16H2,1H3,(H,17,18). The normalized spacial score (nSPS) is 23.0. The van der Waals surface area contributed by atoms with Crippen LogP contribution in [-0.2, 0) is 11.2 Å². The van der Waals surface area contributed by atoms with Crippen LogP contribution in [0.1, 0.15) is 31.2 Å². The van der Waals surface area contributed by atoms with Gasteiger partial charge in [-0.15, -0.1) is 0 Å². The van der Waals surface area contributed by atoms with Gasteiger partial charge in [0.25, 0.3) is 0 Å². The second kappa shape index (κ2) is 6.85. The van der Waals surface area contributed by atoms with Crippen molar-refractivity contribution in [3.63, 3.8) is 0 Å². The first-order valence-electron chi connectivity index (χ1n) is 6.84. The van der Waals surface area contributed by atoms with Crippen molar-refractivity contribution in [1.29, 1.82) is 0 Å². The van der Waals surface area contributed by atoms with Crippen LogP contribution in [-0.4, -0.2) is 23.5 Å². The lowest BCUT2D eigenvalue weighted by Crippen LogP contribution is -2.39. The van der Waals surface area contributed by atoms with Crippen molar-refractivity contribution >= 4 is 23.4 Å². The molecule has 1 aliphatic rings. The summed E-state index contributed by atoms with van der Waals surface area (Å²) in [5.41, 5.74) is 7.41. The Morgan fingerprint density at radius 3 is 3.05 bits per heavy atom.